The van der Waals surface area contributed by atoms with E-state index in [0.29, 0.717) is 17.4 Å². The number of aryl methyl sites for hydroxylation is 1. The van der Waals surface area contributed by atoms with Crippen LogP contribution < -0.4 is 15.9 Å². The lowest BCUT2D eigenvalue weighted by atomic mass is 10.0. The zero-order valence-electron chi connectivity index (χ0n) is 20.3. The molecule has 4 aromatic rings. The van der Waals surface area contributed by atoms with E-state index < -0.39 is 0 Å². The first-order valence-corrected chi connectivity index (χ1v) is 12.5. The zero-order valence-corrected chi connectivity index (χ0v) is 20.3. The summed E-state index contributed by atoms with van der Waals surface area (Å²) >= 11 is 0. The minimum atomic E-state index is -0.358. The summed E-state index contributed by atoms with van der Waals surface area (Å²) < 4.78 is 1.30. The number of rotatable bonds is 5. The predicted molar refractivity (Wildman–Crippen MR) is 143 cm³/mol. The van der Waals surface area contributed by atoms with Gasteiger partial charge in [-0.1, -0.05) is 66.7 Å². The smallest absolute Gasteiger partial charge is 0.360 e. The van der Waals surface area contributed by atoms with Crippen molar-refractivity contribution in [3.05, 3.63) is 102 Å². The van der Waals surface area contributed by atoms with Crippen LogP contribution in [-0.2, 0) is 13.6 Å². The number of hydrogen-bond acceptors (Lipinski definition) is 6. The molecule has 1 fully saturated rings. The number of nitrogens with one attached hydrogen (secondary N) is 1. The van der Waals surface area contributed by atoms with Crippen LogP contribution >= 0.6 is 0 Å². The number of fused-ring (bicyclic) bond motifs is 1. The Kier molecular flexibility index (Phi) is 5.99. The highest BCUT2D eigenvalue weighted by Gasteiger charge is 2.29. The third kappa shape index (κ3) is 4.38. The van der Waals surface area contributed by atoms with Gasteiger partial charge in [-0.2, -0.15) is 10.1 Å². The molecule has 1 radical (unpaired) electrons. The number of benzene rings is 3. The van der Waals surface area contributed by atoms with E-state index in [1.807, 2.05) is 30.3 Å². The Labute approximate surface area is 211 Å². The highest BCUT2D eigenvalue weighted by atomic mass is 16.1. The monoisotopic (exact) mass is 477 g/mol. The molecule has 1 saturated heterocycles. The number of hydrogen-bond donors (Lipinski definition) is 1. The molecular formula is C29H29N6O. The summed E-state index contributed by atoms with van der Waals surface area (Å²) in [5.74, 6) is 0. The predicted octanol–water partition coefficient (Wildman–Crippen LogP) is 4.53. The van der Waals surface area contributed by atoms with Crippen LogP contribution in [0.2, 0.25) is 0 Å². The van der Waals surface area contributed by atoms with Gasteiger partial charge in [-0.25, -0.2) is 9.48 Å². The molecule has 0 aliphatic carbocycles. The number of para-hydroxylation sites is 2. The Hall–Kier alpha value is -3.97. The zero-order chi connectivity index (χ0) is 24.5. The Morgan fingerprint density at radius 2 is 1.56 bits per heavy atom. The van der Waals surface area contributed by atoms with Crippen molar-refractivity contribution < 1.29 is 0 Å². The van der Waals surface area contributed by atoms with E-state index in [2.05, 4.69) is 80.4 Å². The van der Waals surface area contributed by atoms with Gasteiger partial charge in [0, 0.05) is 43.9 Å². The van der Waals surface area contributed by atoms with Gasteiger partial charge in [-0.05, 0) is 30.5 Å². The van der Waals surface area contributed by atoms with Crippen LogP contribution in [0.3, 0.4) is 0 Å². The molecule has 0 bridgehead atoms. The molecule has 2 aliphatic rings. The minimum absolute atomic E-state index is 0.358. The van der Waals surface area contributed by atoms with E-state index in [0.717, 1.165) is 43.6 Å². The SMILES string of the molecule is Cn1nc(-c2ccc(CN3CCC(N4[CH]Nc5ccccc54)CC3)cc2)c(-c2ccccc2)nc1=O. The average Bonchev–Trinajstić information content (AvgIpc) is 3.36. The summed E-state index contributed by atoms with van der Waals surface area (Å²) in [7, 11) is 1.64. The maximum atomic E-state index is 12.2. The molecular weight excluding hydrogens is 448 g/mol. The molecule has 6 rings (SSSR count). The largest absolute Gasteiger partial charge is 0.364 e. The summed E-state index contributed by atoms with van der Waals surface area (Å²) in [6.07, 6.45) is 2.28. The van der Waals surface area contributed by atoms with Gasteiger partial charge >= 0.3 is 5.69 Å². The maximum absolute atomic E-state index is 12.2. The van der Waals surface area contributed by atoms with Gasteiger partial charge in [0.1, 0.15) is 18.1 Å². The third-order valence-electron chi connectivity index (χ3n) is 7.13. The summed E-state index contributed by atoms with van der Waals surface area (Å²) in [5.41, 5.74) is 6.56. The average molecular weight is 478 g/mol. The number of anilines is 2. The van der Waals surface area contributed by atoms with E-state index in [9.17, 15) is 4.79 Å². The van der Waals surface area contributed by atoms with E-state index in [-0.39, 0.29) is 5.69 Å². The van der Waals surface area contributed by atoms with Crippen molar-refractivity contribution in [2.24, 2.45) is 7.05 Å². The fourth-order valence-electron chi connectivity index (χ4n) is 5.17. The molecule has 181 valence electrons. The molecule has 3 heterocycles. The lowest BCUT2D eigenvalue weighted by Gasteiger charge is -2.37. The van der Waals surface area contributed by atoms with Crippen LogP contribution in [-0.4, -0.2) is 38.8 Å². The van der Waals surface area contributed by atoms with Crippen LogP contribution in [0.25, 0.3) is 22.5 Å². The normalized spacial score (nSPS) is 16.1. The van der Waals surface area contributed by atoms with E-state index in [4.69, 9.17) is 0 Å². The Bertz CT molecular complexity index is 1410. The van der Waals surface area contributed by atoms with Crippen LogP contribution in [0, 0.1) is 6.67 Å². The van der Waals surface area contributed by atoms with Crippen LogP contribution in [0.15, 0.2) is 83.7 Å². The lowest BCUT2D eigenvalue weighted by molar-refractivity contribution is 0.204. The quantitative estimate of drug-likeness (QED) is 0.456. The molecule has 7 heteroatoms. The van der Waals surface area contributed by atoms with Gasteiger partial charge < -0.3 is 10.2 Å². The highest BCUT2D eigenvalue weighted by molar-refractivity contribution is 5.78. The highest BCUT2D eigenvalue weighted by Crippen LogP contribution is 2.36. The van der Waals surface area contributed by atoms with Crippen molar-refractivity contribution >= 4 is 11.4 Å². The Morgan fingerprint density at radius 1 is 0.861 bits per heavy atom. The van der Waals surface area contributed by atoms with Gasteiger partial charge in [-0.15, -0.1) is 0 Å². The van der Waals surface area contributed by atoms with Gasteiger partial charge in [0.15, 0.2) is 0 Å². The fourth-order valence-corrected chi connectivity index (χ4v) is 5.17. The first-order chi connectivity index (χ1) is 17.7. The van der Waals surface area contributed by atoms with Crippen LogP contribution in [0.5, 0.6) is 0 Å². The van der Waals surface area contributed by atoms with E-state index in [1.54, 1.807) is 7.05 Å². The maximum Gasteiger partial charge on any atom is 0.364 e. The van der Waals surface area contributed by atoms with Gasteiger partial charge in [0.2, 0.25) is 0 Å². The van der Waals surface area contributed by atoms with Crippen molar-refractivity contribution in [3.8, 4) is 22.5 Å². The second kappa shape index (κ2) is 9.59. The van der Waals surface area contributed by atoms with Crippen LogP contribution in [0.1, 0.15) is 18.4 Å². The first-order valence-electron chi connectivity index (χ1n) is 12.5. The van der Waals surface area contributed by atoms with Crippen molar-refractivity contribution in [1.82, 2.24) is 19.7 Å². The summed E-state index contributed by atoms with van der Waals surface area (Å²) in [4.78, 5) is 21.5. The summed E-state index contributed by atoms with van der Waals surface area (Å²) in [5, 5.41) is 7.94. The first kappa shape index (κ1) is 22.5. The number of likely N-dealkylation sites (tertiary alicyclic amines) is 1. The molecule has 0 spiro atoms. The standard InChI is InChI=1S/C29H29N6O/c1-33-29(36)31-27(22-7-3-2-4-8-22)28(32-33)23-13-11-21(12-14-23)19-34-17-15-24(16-18-34)35-20-30-25-9-5-6-10-26(25)35/h2-14,20,24,30H,15-19H2,1H3. The van der Waals surface area contributed by atoms with Gasteiger partial charge in [0.25, 0.3) is 0 Å². The van der Waals surface area contributed by atoms with E-state index in [1.165, 1.54) is 21.6 Å². The lowest BCUT2D eigenvalue weighted by Crippen LogP contribution is -2.43. The van der Waals surface area contributed by atoms with Crippen molar-refractivity contribution in [2.75, 3.05) is 23.3 Å². The van der Waals surface area contributed by atoms with Crippen molar-refractivity contribution in [1.29, 1.82) is 0 Å². The molecule has 36 heavy (non-hydrogen) atoms. The number of aromatic nitrogens is 3. The minimum Gasteiger partial charge on any atom is -0.360 e. The molecule has 0 unspecified atom stereocenters. The Balaban J connectivity index is 1.14. The molecule has 1 N–H and O–H groups in total. The Morgan fingerprint density at radius 3 is 2.33 bits per heavy atom. The molecule has 2 aliphatic heterocycles. The van der Waals surface area contributed by atoms with Gasteiger partial charge in [-0.3, -0.25) is 4.90 Å². The molecule has 0 atom stereocenters. The fraction of sp³-hybridized carbons (Fsp3) is 0.241. The molecule has 3 aromatic carbocycles. The second-order valence-electron chi connectivity index (χ2n) is 9.48. The molecule has 0 saturated carbocycles. The van der Waals surface area contributed by atoms with E-state index >= 15 is 0 Å². The van der Waals surface area contributed by atoms with Crippen molar-refractivity contribution in [2.45, 2.75) is 25.4 Å². The molecule has 1 aromatic heterocycles. The van der Waals surface area contributed by atoms with Crippen molar-refractivity contribution in [3.63, 3.8) is 0 Å². The summed E-state index contributed by atoms with van der Waals surface area (Å²) in [6.45, 7) is 5.19. The molecule has 0 amide bonds. The van der Waals surface area contributed by atoms with Gasteiger partial charge in [0.05, 0.1) is 11.4 Å². The second-order valence-corrected chi connectivity index (χ2v) is 9.48. The number of piperidine rings is 1. The summed E-state index contributed by atoms with van der Waals surface area (Å²) in [6, 6.07) is 27.3. The topological polar surface area (TPSA) is 66.3 Å². The molecule has 7 nitrogen and oxygen atoms in total. The number of nitrogens with zero attached hydrogens (tertiary/aromatic N) is 5. The third-order valence-corrected chi connectivity index (χ3v) is 7.13. The van der Waals surface area contributed by atoms with Crippen LogP contribution in [0.4, 0.5) is 11.4 Å².